The molecule has 5 heteroatoms. The number of thiophene rings is 1. The summed E-state index contributed by atoms with van der Waals surface area (Å²) in [5.41, 5.74) is 8.11. The van der Waals surface area contributed by atoms with Gasteiger partial charge in [0.1, 0.15) is 5.71 Å². The average Bonchev–Trinajstić information content (AvgIpc) is 3.04. The zero-order valence-corrected chi connectivity index (χ0v) is 14.5. The molecule has 1 aliphatic rings. The van der Waals surface area contributed by atoms with Gasteiger partial charge >= 0.3 is 0 Å². The van der Waals surface area contributed by atoms with E-state index < -0.39 is 0 Å². The van der Waals surface area contributed by atoms with Crippen LogP contribution in [0.5, 0.6) is 0 Å². The summed E-state index contributed by atoms with van der Waals surface area (Å²) in [6.45, 7) is 2.08. The lowest BCUT2D eigenvalue weighted by Gasteiger charge is -2.06. The quantitative estimate of drug-likeness (QED) is 0.681. The van der Waals surface area contributed by atoms with E-state index >= 15 is 0 Å². The molecule has 1 N–H and O–H groups in total. The molecule has 3 nitrogen and oxygen atoms in total. The summed E-state index contributed by atoms with van der Waals surface area (Å²) < 4.78 is 0. The van der Waals surface area contributed by atoms with E-state index in [4.69, 9.17) is 16.6 Å². The number of aryl methyl sites for hydroxylation is 1. The van der Waals surface area contributed by atoms with Crippen molar-refractivity contribution in [3.05, 3.63) is 86.6 Å². The number of aliphatic imine (C=N–C) groups is 1. The Morgan fingerprint density at radius 3 is 2.62 bits per heavy atom. The van der Waals surface area contributed by atoms with Crippen molar-refractivity contribution in [3.63, 3.8) is 0 Å². The minimum absolute atomic E-state index is 0.701. The molecule has 0 amide bonds. The minimum atomic E-state index is 0.701. The smallest absolute Gasteiger partial charge is 0.154 e. The topological polar surface area (TPSA) is 36.8 Å². The van der Waals surface area contributed by atoms with Gasteiger partial charge in [-0.15, -0.1) is 11.3 Å². The summed E-state index contributed by atoms with van der Waals surface area (Å²) in [6, 6.07) is 17.9. The fourth-order valence-corrected chi connectivity index (χ4v) is 3.44. The second-order valence-corrected chi connectivity index (χ2v) is 6.92. The first-order chi connectivity index (χ1) is 11.7. The van der Waals surface area contributed by atoms with E-state index in [2.05, 4.69) is 41.0 Å². The molecule has 24 heavy (non-hydrogen) atoms. The van der Waals surface area contributed by atoms with Crippen LogP contribution >= 0.6 is 22.9 Å². The molecule has 0 spiro atoms. The standard InChI is InChI=1S/C19H14ClN3S/c1-12-4-9-16-15(11-12)18(17-3-2-10-24-17)22-23-19(21-16)13-5-7-14(20)8-6-13/h2-11H,1H3,(H,21,23). The van der Waals surface area contributed by atoms with E-state index in [1.165, 1.54) is 5.56 Å². The van der Waals surface area contributed by atoms with E-state index in [0.717, 1.165) is 27.4 Å². The molecule has 0 aliphatic carbocycles. The molecule has 2 aromatic carbocycles. The van der Waals surface area contributed by atoms with Crippen LogP contribution < -0.4 is 5.43 Å². The summed E-state index contributed by atoms with van der Waals surface area (Å²) in [7, 11) is 0. The van der Waals surface area contributed by atoms with Crippen LogP contribution in [0.15, 0.2) is 70.1 Å². The monoisotopic (exact) mass is 351 g/mol. The van der Waals surface area contributed by atoms with Gasteiger partial charge in [-0.25, -0.2) is 4.99 Å². The third kappa shape index (κ3) is 2.86. The first-order valence-electron chi connectivity index (χ1n) is 7.54. The molecule has 0 fully saturated rings. The highest BCUT2D eigenvalue weighted by molar-refractivity contribution is 7.12. The fraction of sp³-hybridized carbons (Fsp3) is 0.0526. The molecule has 1 aromatic heterocycles. The lowest BCUT2D eigenvalue weighted by atomic mass is 10.0. The number of hydrogen-bond donors (Lipinski definition) is 1. The second kappa shape index (κ2) is 6.23. The summed E-state index contributed by atoms with van der Waals surface area (Å²) in [6.07, 6.45) is 0. The van der Waals surface area contributed by atoms with Gasteiger partial charge < -0.3 is 0 Å². The summed E-state index contributed by atoms with van der Waals surface area (Å²) >= 11 is 7.65. The highest BCUT2D eigenvalue weighted by atomic mass is 35.5. The zero-order chi connectivity index (χ0) is 16.5. The van der Waals surface area contributed by atoms with Crippen molar-refractivity contribution >= 4 is 40.2 Å². The molecule has 0 unspecified atom stereocenters. The number of amidine groups is 1. The number of halogens is 1. The Morgan fingerprint density at radius 1 is 1.04 bits per heavy atom. The van der Waals surface area contributed by atoms with Crippen LogP contribution in [0.1, 0.15) is 21.6 Å². The predicted molar refractivity (Wildman–Crippen MR) is 102 cm³/mol. The predicted octanol–water partition coefficient (Wildman–Crippen LogP) is 5.14. The molecule has 118 valence electrons. The van der Waals surface area contributed by atoms with E-state index in [9.17, 15) is 0 Å². The average molecular weight is 352 g/mol. The maximum absolute atomic E-state index is 5.99. The lowest BCUT2D eigenvalue weighted by Crippen LogP contribution is -2.19. The van der Waals surface area contributed by atoms with Gasteiger partial charge in [-0.2, -0.15) is 5.10 Å². The number of hydrazone groups is 1. The molecule has 2 heterocycles. The van der Waals surface area contributed by atoms with E-state index in [1.54, 1.807) is 11.3 Å². The first-order valence-corrected chi connectivity index (χ1v) is 8.80. The van der Waals surface area contributed by atoms with Gasteiger partial charge in [-0.3, -0.25) is 5.43 Å². The lowest BCUT2D eigenvalue weighted by molar-refractivity contribution is 1.03. The van der Waals surface area contributed by atoms with Gasteiger partial charge in [0, 0.05) is 16.1 Å². The van der Waals surface area contributed by atoms with Crippen LogP contribution in [0, 0.1) is 6.92 Å². The number of rotatable bonds is 2. The Kier molecular flexibility index (Phi) is 3.92. The third-order valence-corrected chi connectivity index (χ3v) is 4.91. The molecule has 3 aromatic rings. The molecular weight excluding hydrogens is 338 g/mol. The Bertz CT molecular complexity index is 941. The Labute approximate surface area is 149 Å². The molecule has 0 atom stereocenters. The fourth-order valence-electron chi connectivity index (χ4n) is 2.59. The van der Waals surface area contributed by atoms with Crippen molar-refractivity contribution in [1.29, 1.82) is 0 Å². The van der Waals surface area contributed by atoms with Crippen molar-refractivity contribution in [3.8, 4) is 0 Å². The maximum Gasteiger partial charge on any atom is 0.154 e. The van der Waals surface area contributed by atoms with Crippen LogP contribution in [0.2, 0.25) is 5.02 Å². The normalized spacial score (nSPS) is 13.4. The van der Waals surface area contributed by atoms with Crippen LogP contribution in [-0.4, -0.2) is 11.5 Å². The molecule has 0 radical (unpaired) electrons. The van der Waals surface area contributed by atoms with Gasteiger partial charge in [-0.1, -0.05) is 29.3 Å². The summed E-state index contributed by atoms with van der Waals surface area (Å²) in [4.78, 5) is 5.91. The van der Waals surface area contributed by atoms with Crippen molar-refractivity contribution in [1.82, 2.24) is 5.43 Å². The molecular formula is C19H14ClN3S. The number of nitrogens with zero attached hydrogens (tertiary/aromatic N) is 2. The van der Waals surface area contributed by atoms with E-state index in [1.807, 2.05) is 36.4 Å². The number of fused-ring (bicyclic) bond motifs is 1. The van der Waals surface area contributed by atoms with Crippen LogP contribution in [0.25, 0.3) is 0 Å². The van der Waals surface area contributed by atoms with Gasteiger partial charge in [0.2, 0.25) is 0 Å². The third-order valence-electron chi connectivity index (χ3n) is 3.79. The van der Waals surface area contributed by atoms with Crippen LogP contribution in [-0.2, 0) is 0 Å². The molecule has 0 saturated carbocycles. The molecule has 1 aliphatic heterocycles. The number of benzene rings is 2. The molecule has 0 saturated heterocycles. The second-order valence-electron chi connectivity index (χ2n) is 5.54. The van der Waals surface area contributed by atoms with Gasteiger partial charge in [-0.05, 0) is 54.8 Å². The number of nitrogens with one attached hydrogen (secondary N) is 1. The maximum atomic E-state index is 5.99. The SMILES string of the molecule is Cc1ccc2c(c1)C(c1cccs1)=NNC(c1ccc(Cl)cc1)=N2. The largest absolute Gasteiger partial charge is 0.260 e. The van der Waals surface area contributed by atoms with Gasteiger partial charge in [0.15, 0.2) is 5.84 Å². The summed E-state index contributed by atoms with van der Waals surface area (Å²) in [5, 5.41) is 7.40. The van der Waals surface area contributed by atoms with Crippen molar-refractivity contribution in [2.45, 2.75) is 6.92 Å². The number of hydrogen-bond acceptors (Lipinski definition) is 4. The molecule has 0 bridgehead atoms. The Hall–Kier alpha value is -2.43. The van der Waals surface area contributed by atoms with Crippen LogP contribution in [0.4, 0.5) is 5.69 Å². The van der Waals surface area contributed by atoms with Gasteiger partial charge in [0.25, 0.3) is 0 Å². The van der Waals surface area contributed by atoms with Crippen molar-refractivity contribution in [2.75, 3.05) is 0 Å². The minimum Gasteiger partial charge on any atom is -0.260 e. The molecule has 4 rings (SSSR count). The summed E-state index contributed by atoms with van der Waals surface area (Å²) in [5.74, 6) is 0.711. The zero-order valence-electron chi connectivity index (χ0n) is 13.0. The van der Waals surface area contributed by atoms with E-state index in [0.29, 0.717) is 10.9 Å². The first kappa shape index (κ1) is 15.1. The van der Waals surface area contributed by atoms with E-state index in [-0.39, 0.29) is 0 Å². The van der Waals surface area contributed by atoms with Crippen LogP contribution in [0.3, 0.4) is 0 Å². The highest BCUT2D eigenvalue weighted by Crippen LogP contribution is 2.28. The Morgan fingerprint density at radius 2 is 1.88 bits per heavy atom. The van der Waals surface area contributed by atoms with Crippen molar-refractivity contribution < 1.29 is 0 Å². The van der Waals surface area contributed by atoms with Crippen molar-refractivity contribution in [2.24, 2.45) is 10.1 Å². The van der Waals surface area contributed by atoms with Gasteiger partial charge in [0.05, 0.1) is 10.6 Å². The Balaban J connectivity index is 1.87. The highest BCUT2D eigenvalue weighted by Gasteiger charge is 2.18.